The van der Waals surface area contributed by atoms with Gasteiger partial charge in [-0.05, 0) is 18.6 Å². The molecule has 23 heavy (non-hydrogen) atoms. The Balaban J connectivity index is 2.11. The number of carbonyl (C=O) groups is 2. The average Bonchev–Trinajstić information content (AvgIpc) is 2.95. The molecule has 0 aromatic carbocycles. The average molecular weight is 338 g/mol. The maximum atomic E-state index is 12.5. The summed E-state index contributed by atoms with van der Waals surface area (Å²) in [5.41, 5.74) is 2.71. The van der Waals surface area contributed by atoms with Crippen molar-refractivity contribution in [2.24, 2.45) is 18.1 Å². The fourth-order valence-electron chi connectivity index (χ4n) is 2.86. The van der Waals surface area contributed by atoms with Gasteiger partial charge >= 0.3 is 0 Å². The summed E-state index contributed by atoms with van der Waals surface area (Å²) < 4.78 is 1.71. The molecule has 1 aliphatic rings. The van der Waals surface area contributed by atoms with Crippen molar-refractivity contribution in [3.8, 4) is 0 Å². The van der Waals surface area contributed by atoms with E-state index in [1.54, 1.807) is 17.0 Å². The van der Waals surface area contributed by atoms with Crippen LogP contribution in [0.4, 0.5) is 0 Å². The van der Waals surface area contributed by atoms with Crippen molar-refractivity contribution in [2.75, 3.05) is 6.61 Å². The maximum absolute atomic E-state index is 12.5. The van der Waals surface area contributed by atoms with Crippen molar-refractivity contribution in [3.63, 3.8) is 0 Å². The van der Waals surface area contributed by atoms with Crippen molar-refractivity contribution in [2.45, 2.75) is 32.1 Å². The van der Waals surface area contributed by atoms with Gasteiger partial charge in [-0.2, -0.15) is 5.10 Å². The van der Waals surface area contributed by atoms with Crippen LogP contribution in [-0.2, 0) is 21.5 Å². The van der Waals surface area contributed by atoms with Gasteiger partial charge in [-0.25, -0.2) is 0 Å². The molecule has 0 amide bonds. The molecular weight excluding hydrogens is 318 g/mol. The molecule has 0 N–H and O–H groups in total. The number of nitrogens with zero attached hydrogens (tertiary/aromatic N) is 3. The third-order valence-corrected chi connectivity index (χ3v) is 4.13. The van der Waals surface area contributed by atoms with Gasteiger partial charge in [-0.1, -0.05) is 23.7 Å². The Morgan fingerprint density at radius 1 is 1.48 bits per heavy atom. The number of ketones is 2. The third kappa shape index (κ3) is 4.07. The molecule has 6 nitrogen and oxygen atoms in total. The molecule has 124 valence electrons. The van der Waals surface area contributed by atoms with Gasteiger partial charge in [0.2, 0.25) is 0 Å². The summed E-state index contributed by atoms with van der Waals surface area (Å²) in [6.07, 6.45) is 4.38. The molecule has 0 aliphatic heterocycles. The van der Waals surface area contributed by atoms with Crippen LogP contribution in [0.3, 0.4) is 0 Å². The van der Waals surface area contributed by atoms with Crippen LogP contribution in [0, 0.1) is 5.92 Å². The van der Waals surface area contributed by atoms with Gasteiger partial charge in [-0.15, -0.1) is 0 Å². The van der Waals surface area contributed by atoms with Gasteiger partial charge in [0.05, 0.1) is 5.71 Å². The summed E-state index contributed by atoms with van der Waals surface area (Å²) in [5, 5.41) is 8.06. The van der Waals surface area contributed by atoms with E-state index in [1.165, 1.54) is 5.54 Å². The van der Waals surface area contributed by atoms with Crippen LogP contribution in [0.1, 0.15) is 37.8 Å². The fraction of sp³-hybridized carbons (Fsp3) is 0.500. The first-order chi connectivity index (χ1) is 11.1. The van der Waals surface area contributed by atoms with Crippen molar-refractivity contribution < 1.29 is 14.4 Å². The van der Waals surface area contributed by atoms with Crippen LogP contribution in [0.25, 0.3) is 0 Å². The van der Waals surface area contributed by atoms with Crippen LogP contribution in [0.2, 0.25) is 0 Å². The van der Waals surface area contributed by atoms with E-state index in [0.717, 1.165) is 5.69 Å². The molecule has 0 bridgehead atoms. The second-order valence-corrected chi connectivity index (χ2v) is 5.70. The lowest BCUT2D eigenvalue weighted by Crippen LogP contribution is -2.38. The number of aromatic nitrogens is 2. The number of aryl methyl sites for hydroxylation is 1. The number of rotatable bonds is 6. The Labute approximate surface area is 140 Å². The van der Waals surface area contributed by atoms with E-state index in [4.69, 9.17) is 16.4 Å². The molecule has 0 saturated heterocycles. The van der Waals surface area contributed by atoms with E-state index in [1.807, 2.05) is 20.0 Å². The fourth-order valence-corrected chi connectivity index (χ4v) is 2.93. The Kier molecular flexibility index (Phi) is 6.10. The number of carbonyl (C=O) groups excluding carboxylic acids is 2. The molecule has 0 atom stereocenters. The van der Waals surface area contributed by atoms with Crippen molar-refractivity contribution in [3.05, 3.63) is 29.6 Å². The largest absolute Gasteiger partial charge is 0.392 e. The summed E-state index contributed by atoms with van der Waals surface area (Å²) in [5.74, 6) is -1.12. The van der Waals surface area contributed by atoms with Crippen molar-refractivity contribution in [1.82, 2.24) is 9.78 Å². The van der Waals surface area contributed by atoms with Crippen LogP contribution in [0.5, 0.6) is 0 Å². The highest BCUT2D eigenvalue weighted by molar-refractivity contribution is 6.25. The molecule has 1 aliphatic carbocycles. The number of halogens is 1. The molecular formula is C16H20ClN3O3. The minimum atomic E-state index is -0.788. The second kappa shape index (κ2) is 8.06. The molecule has 1 aromatic rings. The van der Waals surface area contributed by atoms with E-state index >= 15 is 0 Å². The van der Waals surface area contributed by atoms with Crippen LogP contribution in [0.15, 0.2) is 29.0 Å². The number of Topliss-reactive ketones (excluding diaryl/α,β-unsaturated/α-hetero) is 2. The standard InChI is InChI=1S/C16H20ClN3O3/c1-3-12(19-23-8-4-6-17)16-14(21)9-11(10-15(16)22)13-5-7-18-20(13)2/h4-7,11,16H,3,8-10H2,1-2H3/b6-4?,19-12-. The normalized spacial score (nSPS) is 22.8. The Hall–Kier alpha value is -1.95. The van der Waals surface area contributed by atoms with Gasteiger partial charge in [0.15, 0.2) is 0 Å². The van der Waals surface area contributed by atoms with Gasteiger partial charge in [0.1, 0.15) is 24.1 Å². The van der Waals surface area contributed by atoms with Crippen molar-refractivity contribution >= 4 is 28.9 Å². The SMILES string of the molecule is CC/C(=N/OCC=CCl)C1C(=O)CC(c2ccnn2C)CC1=O. The lowest BCUT2D eigenvalue weighted by molar-refractivity contribution is -0.133. The third-order valence-electron chi connectivity index (χ3n) is 3.95. The second-order valence-electron chi connectivity index (χ2n) is 5.44. The zero-order chi connectivity index (χ0) is 16.8. The highest BCUT2D eigenvalue weighted by Gasteiger charge is 2.39. The van der Waals surface area contributed by atoms with Gasteiger partial charge in [-0.3, -0.25) is 14.3 Å². The van der Waals surface area contributed by atoms with E-state index in [-0.39, 0.29) is 24.1 Å². The predicted octanol–water partition coefficient (Wildman–Crippen LogP) is 2.59. The molecule has 2 rings (SSSR count). The van der Waals surface area contributed by atoms with Gasteiger partial charge in [0, 0.05) is 43.2 Å². The molecule has 0 spiro atoms. The monoisotopic (exact) mass is 337 g/mol. The van der Waals surface area contributed by atoms with Crippen LogP contribution < -0.4 is 0 Å². The molecule has 0 unspecified atom stereocenters. The van der Waals surface area contributed by atoms with E-state index in [2.05, 4.69) is 10.3 Å². The molecule has 1 aromatic heterocycles. The van der Waals surface area contributed by atoms with E-state index < -0.39 is 5.92 Å². The van der Waals surface area contributed by atoms with Crippen LogP contribution in [-0.4, -0.2) is 33.7 Å². The van der Waals surface area contributed by atoms with E-state index in [0.29, 0.717) is 25.0 Å². The Morgan fingerprint density at radius 3 is 2.70 bits per heavy atom. The quantitative estimate of drug-likeness (QED) is 0.346. The van der Waals surface area contributed by atoms with Gasteiger partial charge in [0.25, 0.3) is 0 Å². The highest BCUT2D eigenvalue weighted by atomic mass is 35.5. The van der Waals surface area contributed by atoms with E-state index in [9.17, 15) is 9.59 Å². The highest BCUT2D eigenvalue weighted by Crippen LogP contribution is 2.32. The Morgan fingerprint density at radius 2 is 2.17 bits per heavy atom. The zero-order valence-electron chi connectivity index (χ0n) is 13.2. The predicted molar refractivity (Wildman–Crippen MR) is 87.4 cm³/mol. The summed E-state index contributed by atoms with van der Waals surface area (Å²) in [6.45, 7) is 2.06. The number of hydrogen-bond donors (Lipinski definition) is 0. The summed E-state index contributed by atoms with van der Waals surface area (Å²) in [4.78, 5) is 30.1. The van der Waals surface area contributed by atoms with Gasteiger partial charge < -0.3 is 4.84 Å². The first kappa shape index (κ1) is 17.4. The molecule has 1 heterocycles. The first-order valence-electron chi connectivity index (χ1n) is 7.55. The van der Waals surface area contributed by atoms with Crippen LogP contribution >= 0.6 is 11.6 Å². The number of hydrogen-bond acceptors (Lipinski definition) is 5. The first-order valence-corrected chi connectivity index (χ1v) is 7.99. The maximum Gasteiger partial charge on any atom is 0.149 e. The molecule has 1 fully saturated rings. The minimum absolute atomic E-state index is 0.107. The Bertz CT molecular complexity index is 618. The summed E-state index contributed by atoms with van der Waals surface area (Å²) >= 11 is 5.40. The topological polar surface area (TPSA) is 73.5 Å². The number of oxime groups is 1. The molecule has 7 heteroatoms. The lowest BCUT2D eigenvalue weighted by atomic mass is 9.76. The molecule has 0 radical (unpaired) electrons. The summed E-state index contributed by atoms with van der Waals surface area (Å²) in [7, 11) is 1.81. The van der Waals surface area contributed by atoms with Crippen molar-refractivity contribution in [1.29, 1.82) is 0 Å². The zero-order valence-corrected chi connectivity index (χ0v) is 14.0. The lowest BCUT2D eigenvalue weighted by Gasteiger charge is -2.26. The molecule has 1 saturated carbocycles. The smallest absolute Gasteiger partial charge is 0.149 e. The summed E-state index contributed by atoms with van der Waals surface area (Å²) in [6, 6.07) is 1.85. The minimum Gasteiger partial charge on any atom is -0.392 e.